The highest BCUT2D eigenvalue weighted by atomic mass is 16.5. The van der Waals surface area contributed by atoms with Crippen LogP contribution in [-0.2, 0) is 0 Å². The van der Waals surface area contributed by atoms with Crippen molar-refractivity contribution >= 4 is 0 Å². The highest BCUT2D eigenvalue weighted by Gasteiger charge is 2.06. The van der Waals surface area contributed by atoms with Gasteiger partial charge in [0.2, 0.25) is 0 Å². The third-order valence-corrected chi connectivity index (χ3v) is 2.45. The van der Waals surface area contributed by atoms with Gasteiger partial charge in [-0.3, -0.25) is 0 Å². The van der Waals surface area contributed by atoms with Crippen molar-refractivity contribution in [3.05, 3.63) is 73.3 Å². The number of hydrogen-bond donors (Lipinski definition) is 0. The molecule has 0 fully saturated rings. The Morgan fingerprint density at radius 1 is 0.889 bits per heavy atom. The molecular formula is C16H16O2. The maximum Gasteiger partial charge on any atom is 0.150 e. The average Bonchev–Trinajstić information content (AvgIpc) is 2.45. The fraction of sp³-hybridized carbons (Fsp3) is 0.125. The van der Waals surface area contributed by atoms with Crippen LogP contribution in [0.15, 0.2) is 73.3 Å². The van der Waals surface area contributed by atoms with Gasteiger partial charge in [0.25, 0.3) is 0 Å². The van der Waals surface area contributed by atoms with Gasteiger partial charge in [0.05, 0.1) is 0 Å². The molecule has 92 valence electrons. The normalized spacial score (nSPS) is 11.6. The summed E-state index contributed by atoms with van der Waals surface area (Å²) in [5.74, 6) is 1.65. The minimum Gasteiger partial charge on any atom is -0.489 e. The number of hydrogen-bond acceptors (Lipinski definition) is 2. The standard InChI is InChI=1S/C16H16O2/c1-2-14(18-16-11-7-4-8-12-16)13-17-15-9-5-3-6-10-15/h2-12,14H,1,13H2. The molecule has 0 bridgehead atoms. The summed E-state index contributed by atoms with van der Waals surface area (Å²) in [6, 6.07) is 19.3. The summed E-state index contributed by atoms with van der Waals surface area (Å²) in [6.07, 6.45) is 1.59. The molecule has 2 aromatic carbocycles. The Labute approximate surface area is 107 Å². The van der Waals surface area contributed by atoms with E-state index in [9.17, 15) is 0 Å². The van der Waals surface area contributed by atoms with Crippen molar-refractivity contribution in [2.45, 2.75) is 6.10 Å². The first kappa shape index (κ1) is 12.2. The van der Waals surface area contributed by atoms with Crippen molar-refractivity contribution in [1.29, 1.82) is 0 Å². The van der Waals surface area contributed by atoms with Crippen LogP contribution in [-0.4, -0.2) is 12.7 Å². The van der Waals surface area contributed by atoms with Gasteiger partial charge in [-0.25, -0.2) is 0 Å². The van der Waals surface area contributed by atoms with Crippen LogP contribution in [0.5, 0.6) is 11.5 Å². The largest absolute Gasteiger partial charge is 0.489 e. The summed E-state index contributed by atoms with van der Waals surface area (Å²) in [5.41, 5.74) is 0. The second-order valence-electron chi connectivity index (χ2n) is 3.83. The second kappa shape index (κ2) is 6.50. The quantitative estimate of drug-likeness (QED) is 0.717. The van der Waals surface area contributed by atoms with Gasteiger partial charge in [-0.05, 0) is 30.3 Å². The van der Waals surface area contributed by atoms with Crippen LogP contribution >= 0.6 is 0 Å². The van der Waals surface area contributed by atoms with E-state index in [2.05, 4.69) is 6.58 Å². The molecule has 0 heterocycles. The molecule has 0 saturated carbocycles. The molecule has 2 heteroatoms. The number of ether oxygens (including phenoxy) is 2. The molecule has 18 heavy (non-hydrogen) atoms. The first-order valence-electron chi connectivity index (χ1n) is 5.90. The lowest BCUT2D eigenvalue weighted by molar-refractivity contribution is 0.164. The van der Waals surface area contributed by atoms with E-state index in [-0.39, 0.29) is 6.10 Å². The topological polar surface area (TPSA) is 18.5 Å². The Hall–Kier alpha value is -2.22. The van der Waals surface area contributed by atoms with Gasteiger partial charge >= 0.3 is 0 Å². The number of para-hydroxylation sites is 2. The first-order chi connectivity index (χ1) is 8.88. The lowest BCUT2D eigenvalue weighted by atomic mass is 10.3. The van der Waals surface area contributed by atoms with E-state index in [1.807, 2.05) is 60.7 Å². The lowest BCUT2D eigenvalue weighted by Crippen LogP contribution is -2.22. The van der Waals surface area contributed by atoms with Crippen molar-refractivity contribution in [1.82, 2.24) is 0 Å². The minimum atomic E-state index is -0.160. The zero-order valence-corrected chi connectivity index (χ0v) is 10.2. The lowest BCUT2D eigenvalue weighted by Gasteiger charge is -2.16. The van der Waals surface area contributed by atoms with Crippen molar-refractivity contribution in [3.8, 4) is 11.5 Å². The van der Waals surface area contributed by atoms with Crippen LogP contribution in [0.3, 0.4) is 0 Å². The predicted molar refractivity (Wildman–Crippen MR) is 73.0 cm³/mol. The van der Waals surface area contributed by atoms with Gasteiger partial charge in [0.1, 0.15) is 18.1 Å². The van der Waals surface area contributed by atoms with E-state index in [0.29, 0.717) is 6.61 Å². The SMILES string of the molecule is C=CC(COc1ccccc1)Oc1ccccc1. The zero-order chi connectivity index (χ0) is 12.6. The Bertz CT molecular complexity index is 465. The van der Waals surface area contributed by atoms with Crippen LogP contribution in [0.4, 0.5) is 0 Å². The maximum absolute atomic E-state index is 5.74. The summed E-state index contributed by atoms with van der Waals surface area (Å²) in [4.78, 5) is 0. The zero-order valence-electron chi connectivity index (χ0n) is 10.2. The van der Waals surface area contributed by atoms with Gasteiger partial charge < -0.3 is 9.47 Å². The fourth-order valence-electron chi connectivity index (χ4n) is 1.52. The number of benzene rings is 2. The fourth-order valence-corrected chi connectivity index (χ4v) is 1.52. The van der Waals surface area contributed by atoms with E-state index in [1.165, 1.54) is 0 Å². The number of rotatable bonds is 6. The molecule has 0 aromatic heterocycles. The molecule has 0 spiro atoms. The van der Waals surface area contributed by atoms with Gasteiger partial charge in [0.15, 0.2) is 6.10 Å². The van der Waals surface area contributed by atoms with E-state index >= 15 is 0 Å². The van der Waals surface area contributed by atoms with Gasteiger partial charge in [-0.15, -0.1) is 0 Å². The Morgan fingerprint density at radius 2 is 1.44 bits per heavy atom. The summed E-state index contributed by atoms with van der Waals surface area (Å²) in [5, 5.41) is 0. The summed E-state index contributed by atoms with van der Waals surface area (Å²) in [6.45, 7) is 4.21. The van der Waals surface area contributed by atoms with Gasteiger partial charge in [-0.1, -0.05) is 43.0 Å². The highest BCUT2D eigenvalue weighted by Crippen LogP contribution is 2.13. The van der Waals surface area contributed by atoms with Crippen LogP contribution in [0.1, 0.15) is 0 Å². The summed E-state index contributed by atoms with van der Waals surface area (Å²) in [7, 11) is 0. The average molecular weight is 240 g/mol. The second-order valence-corrected chi connectivity index (χ2v) is 3.83. The molecule has 2 aromatic rings. The van der Waals surface area contributed by atoms with E-state index in [1.54, 1.807) is 6.08 Å². The molecule has 2 nitrogen and oxygen atoms in total. The molecule has 0 aliphatic carbocycles. The van der Waals surface area contributed by atoms with Crippen molar-refractivity contribution in [3.63, 3.8) is 0 Å². The molecule has 0 saturated heterocycles. The predicted octanol–water partition coefficient (Wildman–Crippen LogP) is 3.70. The molecule has 1 unspecified atom stereocenters. The van der Waals surface area contributed by atoms with Crippen molar-refractivity contribution < 1.29 is 9.47 Å². The molecule has 0 radical (unpaired) electrons. The monoisotopic (exact) mass is 240 g/mol. The summed E-state index contributed by atoms with van der Waals surface area (Å²) < 4.78 is 11.4. The third kappa shape index (κ3) is 3.67. The molecule has 0 amide bonds. The van der Waals surface area contributed by atoms with Crippen molar-refractivity contribution in [2.24, 2.45) is 0 Å². The first-order valence-corrected chi connectivity index (χ1v) is 5.90. The Balaban J connectivity index is 1.88. The summed E-state index contributed by atoms with van der Waals surface area (Å²) >= 11 is 0. The van der Waals surface area contributed by atoms with Crippen LogP contribution < -0.4 is 9.47 Å². The molecule has 0 aliphatic rings. The Morgan fingerprint density at radius 3 is 2.00 bits per heavy atom. The smallest absolute Gasteiger partial charge is 0.150 e. The van der Waals surface area contributed by atoms with E-state index < -0.39 is 0 Å². The van der Waals surface area contributed by atoms with Crippen LogP contribution in [0.2, 0.25) is 0 Å². The van der Waals surface area contributed by atoms with Gasteiger partial charge in [0, 0.05) is 0 Å². The Kier molecular flexibility index (Phi) is 4.42. The molecule has 1 atom stereocenters. The molecule has 0 N–H and O–H groups in total. The highest BCUT2D eigenvalue weighted by molar-refractivity contribution is 5.23. The van der Waals surface area contributed by atoms with Crippen LogP contribution in [0.25, 0.3) is 0 Å². The van der Waals surface area contributed by atoms with Crippen LogP contribution in [0, 0.1) is 0 Å². The minimum absolute atomic E-state index is 0.160. The van der Waals surface area contributed by atoms with E-state index in [4.69, 9.17) is 9.47 Å². The van der Waals surface area contributed by atoms with E-state index in [0.717, 1.165) is 11.5 Å². The van der Waals surface area contributed by atoms with Crippen molar-refractivity contribution in [2.75, 3.05) is 6.61 Å². The molecule has 2 rings (SSSR count). The maximum atomic E-state index is 5.74. The third-order valence-electron chi connectivity index (χ3n) is 2.45. The molecule has 0 aliphatic heterocycles. The van der Waals surface area contributed by atoms with Gasteiger partial charge in [-0.2, -0.15) is 0 Å². The molecular weight excluding hydrogens is 224 g/mol.